The molecule has 6 heteroatoms. The summed E-state index contributed by atoms with van der Waals surface area (Å²) in [6, 6.07) is 9.97. The van der Waals surface area contributed by atoms with Gasteiger partial charge in [-0.05, 0) is 30.2 Å². The minimum absolute atomic E-state index is 0.370. The van der Waals surface area contributed by atoms with Crippen LogP contribution in [-0.2, 0) is 13.0 Å². The lowest BCUT2D eigenvalue weighted by Crippen LogP contribution is -2.22. The fraction of sp³-hybridized carbons (Fsp3) is 0.312. The number of aliphatic imine (C=N–C) groups is 1. The molecule has 0 aliphatic rings. The van der Waals surface area contributed by atoms with Gasteiger partial charge in [-0.15, -0.1) is 0 Å². The molecule has 0 saturated heterocycles. The summed E-state index contributed by atoms with van der Waals surface area (Å²) in [5.41, 5.74) is 8.95. The van der Waals surface area contributed by atoms with E-state index in [0.717, 1.165) is 17.8 Å². The number of nitrogens with two attached hydrogens (primary N) is 1. The molecule has 1 heterocycles. The number of aryl methyl sites for hydroxylation is 1. The first-order valence-corrected chi connectivity index (χ1v) is 7.23. The zero-order valence-corrected chi connectivity index (χ0v) is 13.2. The first kappa shape index (κ1) is 15.8. The van der Waals surface area contributed by atoms with Crippen molar-refractivity contribution in [3.8, 4) is 0 Å². The Morgan fingerprint density at radius 1 is 1.23 bits per heavy atom. The highest BCUT2D eigenvalue weighted by Gasteiger charge is 2.01. The van der Waals surface area contributed by atoms with Gasteiger partial charge in [0, 0.05) is 26.0 Å². The summed E-state index contributed by atoms with van der Waals surface area (Å²) in [5.74, 6) is 1.03. The van der Waals surface area contributed by atoms with Crippen LogP contribution in [0.3, 0.4) is 0 Å². The number of rotatable bonds is 5. The minimum atomic E-state index is 0.370. The molecule has 0 spiro atoms. The standard InChI is InChI=1S/C16H22N6/c1-4-12-5-7-13(8-6-12)20-15(17)19-11-14-9-10-18-16(21-14)22(2)3/h5-10H,4,11H2,1-3H3,(H3,17,19,20). The molecule has 22 heavy (non-hydrogen) atoms. The zero-order valence-electron chi connectivity index (χ0n) is 13.2. The van der Waals surface area contributed by atoms with E-state index in [0.29, 0.717) is 18.5 Å². The number of hydrogen-bond acceptors (Lipinski definition) is 4. The number of guanidine groups is 1. The van der Waals surface area contributed by atoms with E-state index in [2.05, 4.69) is 39.3 Å². The Morgan fingerprint density at radius 2 is 1.95 bits per heavy atom. The van der Waals surface area contributed by atoms with Gasteiger partial charge < -0.3 is 16.0 Å². The van der Waals surface area contributed by atoms with Gasteiger partial charge in [0.1, 0.15) is 0 Å². The monoisotopic (exact) mass is 298 g/mol. The minimum Gasteiger partial charge on any atom is -0.370 e. The summed E-state index contributed by atoms with van der Waals surface area (Å²) in [6.45, 7) is 2.54. The second-order valence-electron chi connectivity index (χ2n) is 5.12. The quantitative estimate of drug-likeness (QED) is 0.652. The molecule has 0 aliphatic carbocycles. The van der Waals surface area contributed by atoms with E-state index in [4.69, 9.17) is 5.73 Å². The molecular formula is C16H22N6. The maximum Gasteiger partial charge on any atom is 0.225 e. The van der Waals surface area contributed by atoms with Crippen LogP contribution >= 0.6 is 0 Å². The number of nitrogens with zero attached hydrogens (tertiary/aromatic N) is 4. The van der Waals surface area contributed by atoms with Crippen LogP contribution in [-0.4, -0.2) is 30.0 Å². The molecular weight excluding hydrogens is 276 g/mol. The van der Waals surface area contributed by atoms with Crippen molar-refractivity contribution < 1.29 is 0 Å². The predicted octanol–water partition coefficient (Wildman–Crippen LogP) is 2.03. The Labute approximate surface area is 131 Å². The summed E-state index contributed by atoms with van der Waals surface area (Å²) in [6.07, 6.45) is 2.74. The SMILES string of the molecule is CCc1ccc(NC(N)=NCc2ccnc(N(C)C)n2)cc1. The zero-order chi connectivity index (χ0) is 15.9. The average molecular weight is 298 g/mol. The van der Waals surface area contributed by atoms with Gasteiger partial charge in [0.2, 0.25) is 5.95 Å². The smallest absolute Gasteiger partial charge is 0.225 e. The highest BCUT2D eigenvalue weighted by molar-refractivity contribution is 5.92. The van der Waals surface area contributed by atoms with Gasteiger partial charge in [-0.3, -0.25) is 0 Å². The van der Waals surface area contributed by atoms with E-state index in [1.54, 1.807) is 6.20 Å². The van der Waals surface area contributed by atoms with Crippen LogP contribution in [0.2, 0.25) is 0 Å². The number of hydrogen-bond donors (Lipinski definition) is 2. The van der Waals surface area contributed by atoms with Crippen molar-refractivity contribution in [2.24, 2.45) is 10.7 Å². The molecule has 6 nitrogen and oxygen atoms in total. The Kier molecular flexibility index (Phi) is 5.30. The van der Waals surface area contributed by atoms with Gasteiger partial charge in [0.25, 0.3) is 0 Å². The summed E-state index contributed by atoms with van der Waals surface area (Å²) in [7, 11) is 3.80. The molecule has 0 fully saturated rings. The summed E-state index contributed by atoms with van der Waals surface area (Å²) in [4.78, 5) is 14.7. The molecule has 1 aromatic heterocycles. The molecule has 3 N–H and O–H groups in total. The van der Waals surface area contributed by atoms with Gasteiger partial charge in [0.15, 0.2) is 5.96 Å². The fourth-order valence-corrected chi connectivity index (χ4v) is 1.87. The molecule has 1 aromatic carbocycles. The summed E-state index contributed by atoms with van der Waals surface area (Å²) >= 11 is 0. The molecule has 0 radical (unpaired) electrons. The largest absolute Gasteiger partial charge is 0.370 e. The van der Waals surface area contributed by atoms with Crippen molar-refractivity contribution in [1.29, 1.82) is 0 Å². The second-order valence-corrected chi connectivity index (χ2v) is 5.12. The van der Waals surface area contributed by atoms with Crippen LogP contribution in [0.1, 0.15) is 18.2 Å². The first-order valence-electron chi connectivity index (χ1n) is 7.23. The van der Waals surface area contributed by atoms with E-state index in [1.807, 2.05) is 37.2 Å². The topological polar surface area (TPSA) is 79.4 Å². The van der Waals surface area contributed by atoms with Crippen LogP contribution in [0, 0.1) is 0 Å². The lowest BCUT2D eigenvalue weighted by Gasteiger charge is -2.10. The van der Waals surface area contributed by atoms with Crippen LogP contribution in [0.15, 0.2) is 41.5 Å². The van der Waals surface area contributed by atoms with Crippen molar-refractivity contribution in [3.63, 3.8) is 0 Å². The lowest BCUT2D eigenvalue weighted by molar-refractivity contribution is 0.921. The van der Waals surface area contributed by atoms with Gasteiger partial charge in [0.05, 0.1) is 12.2 Å². The van der Waals surface area contributed by atoms with Crippen molar-refractivity contribution in [2.75, 3.05) is 24.3 Å². The molecule has 2 rings (SSSR count). The van der Waals surface area contributed by atoms with Crippen molar-refractivity contribution >= 4 is 17.6 Å². The third-order valence-electron chi connectivity index (χ3n) is 3.15. The van der Waals surface area contributed by atoms with Crippen molar-refractivity contribution in [1.82, 2.24) is 9.97 Å². The van der Waals surface area contributed by atoms with Crippen LogP contribution < -0.4 is 16.0 Å². The molecule has 0 unspecified atom stereocenters. The van der Waals surface area contributed by atoms with Crippen LogP contribution in [0.25, 0.3) is 0 Å². The summed E-state index contributed by atoms with van der Waals surface area (Å²) in [5, 5.41) is 3.07. The Morgan fingerprint density at radius 3 is 2.59 bits per heavy atom. The molecule has 0 bridgehead atoms. The molecule has 116 valence electrons. The number of aromatic nitrogens is 2. The molecule has 0 aliphatic heterocycles. The van der Waals surface area contributed by atoms with Crippen molar-refractivity contribution in [2.45, 2.75) is 19.9 Å². The maximum atomic E-state index is 5.91. The Balaban J connectivity index is 1.98. The van der Waals surface area contributed by atoms with E-state index in [1.165, 1.54) is 5.56 Å². The molecule has 0 atom stereocenters. The van der Waals surface area contributed by atoms with Crippen molar-refractivity contribution in [3.05, 3.63) is 47.8 Å². The second kappa shape index (κ2) is 7.40. The highest BCUT2D eigenvalue weighted by atomic mass is 15.2. The van der Waals surface area contributed by atoms with Gasteiger partial charge in [-0.1, -0.05) is 19.1 Å². The van der Waals surface area contributed by atoms with E-state index < -0.39 is 0 Å². The van der Waals surface area contributed by atoms with Gasteiger partial charge in [-0.25, -0.2) is 15.0 Å². The summed E-state index contributed by atoms with van der Waals surface area (Å²) < 4.78 is 0. The van der Waals surface area contributed by atoms with E-state index >= 15 is 0 Å². The lowest BCUT2D eigenvalue weighted by atomic mass is 10.1. The molecule has 0 amide bonds. The van der Waals surface area contributed by atoms with E-state index in [9.17, 15) is 0 Å². The average Bonchev–Trinajstić information content (AvgIpc) is 2.54. The van der Waals surface area contributed by atoms with Gasteiger partial charge in [-0.2, -0.15) is 0 Å². The number of nitrogens with one attached hydrogen (secondary N) is 1. The highest BCUT2D eigenvalue weighted by Crippen LogP contribution is 2.10. The number of anilines is 2. The maximum absolute atomic E-state index is 5.91. The van der Waals surface area contributed by atoms with E-state index in [-0.39, 0.29) is 0 Å². The van der Waals surface area contributed by atoms with Gasteiger partial charge >= 0.3 is 0 Å². The van der Waals surface area contributed by atoms with Crippen LogP contribution in [0.4, 0.5) is 11.6 Å². The molecule has 2 aromatic rings. The third-order valence-corrected chi connectivity index (χ3v) is 3.15. The Bertz CT molecular complexity index is 633. The fourth-order valence-electron chi connectivity index (χ4n) is 1.87. The van der Waals surface area contributed by atoms with Crippen LogP contribution in [0.5, 0.6) is 0 Å². The Hall–Kier alpha value is -2.63. The number of benzene rings is 1. The first-order chi connectivity index (χ1) is 10.6. The predicted molar refractivity (Wildman–Crippen MR) is 91.1 cm³/mol. The normalized spacial score (nSPS) is 11.3. The third kappa shape index (κ3) is 4.44. The molecule has 0 saturated carbocycles.